The van der Waals surface area contributed by atoms with E-state index >= 15 is 0 Å². The molecule has 4 aliphatic rings. The third kappa shape index (κ3) is 4.06. The Labute approximate surface area is 193 Å². The predicted octanol–water partition coefficient (Wildman–Crippen LogP) is 4.15. The number of aliphatic carboxylic acids is 1. The average Bonchev–Trinajstić information content (AvgIpc) is 3.65. The number of fused-ring (bicyclic) bond motifs is 4. The van der Waals surface area contributed by atoms with E-state index in [9.17, 15) is 14.7 Å². The summed E-state index contributed by atoms with van der Waals surface area (Å²) in [6, 6.07) is 20.0. The third-order valence-corrected chi connectivity index (χ3v) is 7.67. The Hall–Kier alpha value is -2.70. The Morgan fingerprint density at radius 2 is 1.15 bits per heavy atom. The molecule has 2 aromatic carbocycles. The molecule has 4 bridgehead atoms. The Kier molecular flexibility index (Phi) is 6.21. The smallest absolute Gasteiger partial charge is 0.312 e. The van der Waals surface area contributed by atoms with Crippen LogP contribution < -0.4 is 0 Å². The molecule has 0 radical (unpaired) electrons. The van der Waals surface area contributed by atoms with E-state index in [1.807, 2.05) is 48.5 Å². The number of esters is 1. The molecule has 33 heavy (non-hydrogen) atoms. The van der Waals surface area contributed by atoms with E-state index in [0.717, 1.165) is 31.2 Å². The van der Waals surface area contributed by atoms with Gasteiger partial charge < -0.3 is 19.3 Å². The molecule has 4 saturated heterocycles. The fourth-order valence-corrected chi connectivity index (χ4v) is 6.30. The maximum Gasteiger partial charge on any atom is 0.312 e. The van der Waals surface area contributed by atoms with E-state index in [2.05, 4.69) is 12.1 Å². The van der Waals surface area contributed by atoms with E-state index < -0.39 is 5.97 Å². The van der Waals surface area contributed by atoms with Crippen LogP contribution in [-0.2, 0) is 23.8 Å². The Bertz CT molecular complexity index is 977. The van der Waals surface area contributed by atoms with Crippen molar-refractivity contribution in [2.24, 2.45) is 11.8 Å². The lowest BCUT2D eigenvalue weighted by Crippen LogP contribution is -2.32. The van der Waals surface area contributed by atoms with Gasteiger partial charge in [-0.15, -0.1) is 0 Å². The van der Waals surface area contributed by atoms with Crippen molar-refractivity contribution in [3.63, 3.8) is 0 Å². The molecule has 6 rings (SSSR count). The molecule has 8 atom stereocenters. The molecule has 6 heteroatoms. The third-order valence-electron chi connectivity index (χ3n) is 7.67. The van der Waals surface area contributed by atoms with Crippen molar-refractivity contribution in [2.45, 2.75) is 61.9 Å². The minimum atomic E-state index is -0.721. The first-order chi connectivity index (χ1) is 16.1. The summed E-state index contributed by atoms with van der Waals surface area (Å²) in [6.07, 6.45) is 4.19. The zero-order chi connectivity index (χ0) is 22.9. The van der Waals surface area contributed by atoms with Gasteiger partial charge in [-0.1, -0.05) is 60.7 Å². The summed E-state index contributed by atoms with van der Waals surface area (Å²) in [5.41, 5.74) is 2.29. The standard InChI is InChI=1S/C14H16O3.C13H14O3/c1-16-14(15)13-11-8-7-10(17-11)12(13)9-5-3-2-4-6-9;14-13(15)12-10-7-6-9(16-10)11(12)8-4-2-1-3-5-8/h2-6,10-13H,7-8H2,1H3;1-5,9-12H,6-7H2,(H,14,15)/t10-,11+,12-,13?;9-,10+,11-,12-/m00/s1. The first kappa shape index (κ1) is 22.1. The fraction of sp³-hybridized carbons (Fsp3) is 0.481. The molecule has 1 N–H and O–H groups in total. The van der Waals surface area contributed by atoms with Crippen LogP contribution in [0.1, 0.15) is 48.6 Å². The highest BCUT2D eigenvalue weighted by Crippen LogP contribution is 2.50. The minimum absolute atomic E-state index is 0.0393. The van der Waals surface area contributed by atoms with Gasteiger partial charge in [0, 0.05) is 11.8 Å². The number of hydrogen-bond donors (Lipinski definition) is 1. The Morgan fingerprint density at radius 3 is 1.61 bits per heavy atom. The highest BCUT2D eigenvalue weighted by Gasteiger charge is 2.54. The molecular weight excluding hydrogens is 420 g/mol. The van der Waals surface area contributed by atoms with Crippen molar-refractivity contribution in [1.29, 1.82) is 0 Å². The van der Waals surface area contributed by atoms with Crippen molar-refractivity contribution in [2.75, 3.05) is 7.11 Å². The second-order valence-corrected chi connectivity index (χ2v) is 9.37. The number of hydrogen-bond acceptors (Lipinski definition) is 5. The van der Waals surface area contributed by atoms with Gasteiger partial charge in [0.2, 0.25) is 0 Å². The molecule has 2 aromatic rings. The number of rotatable bonds is 4. The summed E-state index contributed by atoms with van der Waals surface area (Å²) in [5, 5.41) is 9.29. The van der Waals surface area contributed by atoms with Crippen molar-refractivity contribution >= 4 is 11.9 Å². The maximum absolute atomic E-state index is 11.9. The molecular formula is C27H30O6. The summed E-state index contributed by atoms with van der Waals surface area (Å²) >= 11 is 0. The van der Waals surface area contributed by atoms with Gasteiger partial charge in [-0.2, -0.15) is 0 Å². The SMILES string of the molecule is COC(=O)C1[C@@H](c2ccccc2)[C@@H]2CC[C@H]1O2.O=C(O)[C@@H]1[C@@H](c2ccccc2)[C@@H]2CC[C@H]1O2. The molecule has 0 saturated carbocycles. The topological polar surface area (TPSA) is 82.1 Å². The van der Waals surface area contributed by atoms with Crippen LogP contribution >= 0.6 is 0 Å². The van der Waals surface area contributed by atoms with Crippen molar-refractivity contribution in [3.05, 3.63) is 71.8 Å². The van der Waals surface area contributed by atoms with Crippen LogP contribution in [0.5, 0.6) is 0 Å². The van der Waals surface area contributed by atoms with Crippen molar-refractivity contribution in [3.8, 4) is 0 Å². The van der Waals surface area contributed by atoms with E-state index in [1.165, 1.54) is 12.7 Å². The van der Waals surface area contributed by atoms with E-state index in [-0.39, 0.29) is 54.1 Å². The minimum Gasteiger partial charge on any atom is -0.481 e. The van der Waals surface area contributed by atoms with Gasteiger partial charge in [0.25, 0.3) is 0 Å². The number of carbonyl (C=O) groups is 2. The van der Waals surface area contributed by atoms with Gasteiger partial charge in [0.1, 0.15) is 0 Å². The van der Waals surface area contributed by atoms with Gasteiger partial charge in [-0.3, -0.25) is 9.59 Å². The van der Waals surface area contributed by atoms with Crippen LogP contribution in [-0.4, -0.2) is 48.6 Å². The van der Waals surface area contributed by atoms with E-state index in [4.69, 9.17) is 14.2 Å². The molecule has 0 spiro atoms. The number of methoxy groups -OCH3 is 1. The molecule has 1 unspecified atom stereocenters. The van der Waals surface area contributed by atoms with Gasteiger partial charge in [0.15, 0.2) is 0 Å². The zero-order valence-electron chi connectivity index (χ0n) is 18.7. The Balaban J connectivity index is 0.000000139. The lowest BCUT2D eigenvalue weighted by atomic mass is 9.75. The number of ether oxygens (including phenoxy) is 3. The van der Waals surface area contributed by atoms with Crippen molar-refractivity contribution in [1.82, 2.24) is 0 Å². The number of carboxylic acids is 1. The molecule has 0 amide bonds. The first-order valence-electron chi connectivity index (χ1n) is 11.8. The van der Waals surface area contributed by atoms with Crippen LogP contribution in [0.25, 0.3) is 0 Å². The summed E-state index contributed by atoms with van der Waals surface area (Å²) in [6.45, 7) is 0. The molecule has 0 aliphatic carbocycles. The highest BCUT2D eigenvalue weighted by atomic mass is 16.5. The summed E-state index contributed by atoms with van der Waals surface area (Å²) in [4.78, 5) is 23.2. The lowest BCUT2D eigenvalue weighted by Gasteiger charge is -2.26. The molecule has 6 nitrogen and oxygen atoms in total. The summed E-state index contributed by atoms with van der Waals surface area (Å²) < 4.78 is 16.5. The average molecular weight is 451 g/mol. The molecule has 174 valence electrons. The maximum atomic E-state index is 11.9. The molecule has 4 fully saturated rings. The number of carboxylic acid groups (broad SMARTS) is 1. The van der Waals surface area contributed by atoms with Crippen LogP contribution in [0.4, 0.5) is 0 Å². The number of benzene rings is 2. The largest absolute Gasteiger partial charge is 0.481 e. The predicted molar refractivity (Wildman–Crippen MR) is 121 cm³/mol. The van der Waals surface area contributed by atoms with Gasteiger partial charge >= 0.3 is 11.9 Å². The highest BCUT2D eigenvalue weighted by molar-refractivity contribution is 5.75. The van der Waals surface area contributed by atoms with Crippen molar-refractivity contribution < 1.29 is 28.9 Å². The quantitative estimate of drug-likeness (QED) is 0.705. The fourth-order valence-electron chi connectivity index (χ4n) is 6.30. The van der Waals surface area contributed by atoms with E-state index in [0.29, 0.717) is 0 Å². The van der Waals surface area contributed by atoms with Crippen LogP contribution in [0.2, 0.25) is 0 Å². The second kappa shape index (κ2) is 9.27. The van der Waals surface area contributed by atoms with Gasteiger partial charge in [-0.05, 0) is 36.8 Å². The first-order valence-corrected chi connectivity index (χ1v) is 11.8. The van der Waals surface area contributed by atoms with Crippen LogP contribution in [0, 0.1) is 11.8 Å². The zero-order valence-corrected chi connectivity index (χ0v) is 18.7. The molecule has 4 aliphatic heterocycles. The lowest BCUT2D eigenvalue weighted by molar-refractivity contribution is -0.147. The molecule has 0 aromatic heterocycles. The molecule has 4 heterocycles. The van der Waals surface area contributed by atoms with Crippen LogP contribution in [0.15, 0.2) is 60.7 Å². The normalized spacial score (nSPS) is 35.7. The monoisotopic (exact) mass is 450 g/mol. The van der Waals surface area contributed by atoms with E-state index in [1.54, 1.807) is 0 Å². The summed E-state index contributed by atoms with van der Waals surface area (Å²) in [5.74, 6) is -1.13. The van der Waals surface area contributed by atoms with Gasteiger partial charge in [-0.25, -0.2) is 0 Å². The second-order valence-electron chi connectivity index (χ2n) is 9.37. The van der Waals surface area contributed by atoms with Crippen LogP contribution in [0.3, 0.4) is 0 Å². The Morgan fingerprint density at radius 1 is 0.727 bits per heavy atom. The number of carbonyl (C=O) groups excluding carboxylic acids is 1. The summed E-state index contributed by atoms with van der Waals surface area (Å²) in [7, 11) is 1.45. The van der Waals surface area contributed by atoms with Gasteiger partial charge in [0.05, 0.1) is 43.4 Å².